The molecule has 2 N–H and O–H groups in total. The average Bonchev–Trinajstić information content (AvgIpc) is 2.86. The van der Waals surface area contributed by atoms with Crippen molar-refractivity contribution >= 4 is 27.8 Å². The van der Waals surface area contributed by atoms with Crippen LogP contribution in [0.3, 0.4) is 0 Å². The first-order valence-corrected chi connectivity index (χ1v) is 10.3. The van der Waals surface area contributed by atoms with E-state index in [1.54, 1.807) is 0 Å². The Bertz CT molecular complexity index is 737. The number of rotatable bonds is 3. The maximum Gasteiger partial charge on any atom is 0.307 e. The number of carboxylic acids is 1. The van der Waals surface area contributed by atoms with Crippen molar-refractivity contribution in [1.29, 1.82) is 0 Å². The van der Waals surface area contributed by atoms with Crippen LogP contribution in [0.4, 0.5) is 0 Å². The molecule has 1 aliphatic carbocycles. The van der Waals surface area contributed by atoms with Gasteiger partial charge in [-0.3, -0.25) is 9.59 Å². The molecule has 1 amide bonds. The van der Waals surface area contributed by atoms with Gasteiger partial charge in [0.05, 0.1) is 16.9 Å². The van der Waals surface area contributed by atoms with Gasteiger partial charge in [-0.2, -0.15) is 0 Å². The van der Waals surface area contributed by atoms with E-state index in [1.165, 1.54) is 0 Å². The zero-order valence-corrected chi connectivity index (χ0v) is 17.8. The number of amides is 1. The molecule has 2 aliphatic rings. The average molecular weight is 438 g/mol. The Hall–Kier alpha value is -1.40. The molecule has 1 saturated carbocycles. The van der Waals surface area contributed by atoms with Crippen molar-refractivity contribution in [1.82, 2.24) is 4.90 Å². The zero-order chi connectivity index (χ0) is 20.0. The van der Waals surface area contributed by atoms with Gasteiger partial charge in [0.2, 0.25) is 5.91 Å². The summed E-state index contributed by atoms with van der Waals surface area (Å²) >= 11 is 3.41. The zero-order valence-electron chi connectivity index (χ0n) is 16.2. The summed E-state index contributed by atoms with van der Waals surface area (Å²) in [7, 11) is 0. The number of hydrogen-bond acceptors (Lipinski definition) is 3. The van der Waals surface area contributed by atoms with Crippen molar-refractivity contribution < 1.29 is 19.8 Å². The van der Waals surface area contributed by atoms with Gasteiger partial charge in [-0.15, -0.1) is 0 Å². The lowest BCUT2D eigenvalue weighted by molar-refractivity contribution is -0.155. The van der Waals surface area contributed by atoms with Gasteiger partial charge >= 0.3 is 5.97 Å². The fourth-order valence-electron chi connectivity index (χ4n) is 4.79. The summed E-state index contributed by atoms with van der Waals surface area (Å²) in [6, 6.07) is 7.67. The minimum absolute atomic E-state index is 0.0223. The first kappa shape index (κ1) is 20.3. The van der Waals surface area contributed by atoms with E-state index in [1.807, 2.05) is 49.9 Å². The SMILES string of the molecule is CC1(C(=O)N2CCC(O)(c3ccc(Br)cc3)CC2)CCC(C(=O)O)C1(C)C. The van der Waals surface area contributed by atoms with Crippen molar-refractivity contribution in [3.63, 3.8) is 0 Å². The van der Waals surface area contributed by atoms with Crippen LogP contribution in [0.25, 0.3) is 0 Å². The van der Waals surface area contributed by atoms with Gasteiger partial charge in [0.1, 0.15) is 0 Å². The predicted octanol–water partition coefficient (Wildman–Crippen LogP) is 3.79. The van der Waals surface area contributed by atoms with Crippen LogP contribution in [0.5, 0.6) is 0 Å². The maximum atomic E-state index is 13.3. The maximum absolute atomic E-state index is 13.3. The highest BCUT2D eigenvalue weighted by Gasteiger charge is 2.59. The minimum Gasteiger partial charge on any atom is -0.481 e. The molecule has 0 bridgehead atoms. The fraction of sp³-hybridized carbons (Fsp3) is 0.619. The molecular weight excluding hydrogens is 410 g/mol. The molecule has 1 saturated heterocycles. The Balaban J connectivity index is 1.73. The summed E-state index contributed by atoms with van der Waals surface area (Å²) in [6.45, 7) is 6.68. The second kappa shape index (κ2) is 6.89. The van der Waals surface area contributed by atoms with E-state index in [9.17, 15) is 19.8 Å². The van der Waals surface area contributed by atoms with Gasteiger partial charge in [0.25, 0.3) is 0 Å². The number of aliphatic hydroxyl groups is 1. The molecule has 148 valence electrons. The van der Waals surface area contributed by atoms with Crippen LogP contribution in [0.1, 0.15) is 52.0 Å². The normalized spacial score (nSPS) is 29.5. The number of likely N-dealkylation sites (tertiary alicyclic amines) is 1. The summed E-state index contributed by atoms with van der Waals surface area (Å²) in [6.07, 6.45) is 2.09. The van der Waals surface area contributed by atoms with Gasteiger partial charge in [0, 0.05) is 17.6 Å². The molecule has 0 radical (unpaired) electrons. The van der Waals surface area contributed by atoms with E-state index in [0.29, 0.717) is 38.8 Å². The van der Waals surface area contributed by atoms with E-state index in [-0.39, 0.29) is 5.91 Å². The minimum atomic E-state index is -0.923. The molecule has 2 atom stereocenters. The summed E-state index contributed by atoms with van der Waals surface area (Å²) in [5.74, 6) is -1.30. The van der Waals surface area contributed by atoms with Crippen LogP contribution in [0, 0.1) is 16.7 Å². The molecule has 6 heteroatoms. The number of hydrogen-bond donors (Lipinski definition) is 2. The molecule has 1 aliphatic heterocycles. The van der Waals surface area contributed by atoms with Crippen LogP contribution in [0.15, 0.2) is 28.7 Å². The monoisotopic (exact) mass is 437 g/mol. The van der Waals surface area contributed by atoms with Crippen LogP contribution in [-0.2, 0) is 15.2 Å². The summed E-state index contributed by atoms with van der Waals surface area (Å²) < 4.78 is 0.965. The molecule has 0 aromatic heterocycles. The van der Waals surface area contributed by atoms with Crippen molar-refractivity contribution in [3.8, 4) is 0 Å². The molecule has 0 spiro atoms. The number of aliphatic carboxylic acids is 1. The van der Waals surface area contributed by atoms with E-state index >= 15 is 0 Å². The van der Waals surface area contributed by atoms with Crippen molar-refractivity contribution in [3.05, 3.63) is 34.3 Å². The Morgan fingerprint density at radius 2 is 1.63 bits per heavy atom. The van der Waals surface area contributed by atoms with E-state index in [2.05, 4.69) is 15.9 Å². The lowest BCUT2D eigenvalue weighted by Gasteiger charge is -2.45. The first-order valence-electron chi connectivity index (χ1n) is 9.52. The third-order valence-electron chi connectivity index (χ3n) is 7.26. The topological polar surface area (TPSA) is 77.8 Å². The van der Waals surface area contributed by atoms with E-state index < -0.39 is 28.3 Å². The second-order valence-corrected chi connectivity index (χ2v) is 9.73. The predicted molar refractivity (Wildman–Crippen MR) is 106 cm³/mol. The summed E-state index contributed by atoms with van der Waals surface area (Å²) in [4.78, 5) is 26.8. The molecule has 27 heavy (non-hydrogen) atoms. The molecule has 3 rings (SSSR count). The van der Waals surface area contributed by atoms with Crippen LogP contribution in [-0.4, -0.2) is 40.1 Å². The van der Waals surface area contributed by atoms with Gasteiger partial charge in [-0.25, -0.2) is 0 Å². The smallest absolute Gasteiger partial charge is 0.307 e. The third kappa shape index (κ3) is 3.31. The molecule has 1 heterocycles. The Kier molecular flexibility index (Phi) is 5.19. The second-order valence-electron chi connectivity index (χ2n) is 8.81. The van der Waals surface area contributed by atoms with Gasteiger partial charge < -0.3 is 15.1 Å². The molecule has 2 fully saturated rings. The number of nitrogens with zero attached hydrogens (tertiary/aromatic N) is 1. The number of carbonyl (C=O) groups excluding carboxylic acids is 1. The quantitative estimate of drug-likeness (QED) is 0.753. The van der Waals surface area contributed by atoms with Gasteiger partial charge in [-0.05, 0) is 48.8 Å². The summed E-state index contributed by atoms with van der Waals surface area (Å²) in [5, 5.41) is 20.6. The Morgan fingerprint density at radius 1 is 1.07 bits per heavy atom. The highest BCUT2D eigenvalue weighted by molar-refractivity contribution is 9.10. The lowest BCUT2D eigenvalue weighted by atomic mass is 9.64. The molecule has 5 nitrogen and oxygen atoms in total. The standard InChI is InChI=1S/C21H28BrNO4/c1-19(2)16(17(24)25)8-9-20(19,3)18(26)23-12-10-21(27,11-13-23)14-4-6-15(22)7-5-14/h4-7,16,27H,8-13H2,1-3H3,(H,24,25). The molecule has 2 unspecified atom stereocenters. The van der Waals surface area contributed by atoms with E-state index in [4.69, 9.17) is 0 Å². The Labute approximate surface area is 168 Å². The number of benzene rings is 1. The van der Waals surface area contributed by atoms with Gasteiger partial charge in [0.15, 0.2) is 0 Å². The molecule has 1 aromatic rings. The number of halogens is 1. The van der Waals surface area contributed by atoms with Crippen molar-refractivity contribution in [2.75, 3.05) is 13.1 Å². The van der Waals surface area contributed by atoms with Crippen LogP contribution in [0.2, 0.25) is 0 Å². The van der Waals surface area contributed by atoms with Crippen LogP contribution >= 0.6 is 15.9 Å². The largest absolute Gasteiger partial charge is 0.481 e. The first-order chi connectivity index (χ1) is 12.5. The highest BCUT2D eigenvalue weighted by Crippen LogP contribution is 2.57. The molecular formula is C21H28BrNO4. The van der Waals surface area contributed by atoms with Crippen LogP contribution < -0.4 is 0 Å². The number of carboxylic acid groups (broad SMARTS) is 1. The lowest BCUT2D eigenvalue weighted by Crippen LogP contribution is -2.53. The van der Waals surface area contributed by atoms with E-state index in [0.717, 1.165) is 10.0 Å². The third-order valence-corrected chi connectivity index (χ3v) is 7.78. The summed E-state index contributed by atoms with van der Waals surface area (Å²) in [5.41, 5.74) is -1.35. The highest BCUT2D eigenvalue weighted by atomic mass is 79.9. The van der Waals surface area contributed by atoms with Gasteiger partial charge in [-0.1, -0.05) is 48.8 Å². The van der Waals surface area contributed by atoms with Crippen molar-refractivity contribution in [2.45, 2.75) is 52.1 Å². The fourth-order valence-corrected chi connectivity index (χ4v) is 5.06. The number of carbonyl (C=O) groups is 2. The number of piperidine rings is 1. The Morgan fingerprint density at radius 3 is 2.11 bits per heavy atom. The molecule has 1 aromatic carbocycles. The van der Waals surface area contributed by atoms with Crippen molar-refractivity contribution in [2.24, 2.45) is 16.7 Å².